The molecule has 1 amide bonds. The maximum Gasteiger partial charge on any atom is 0.336 e. The van der Waals surface area contributed by atoms with Crippen LogP contribution in [0.5, 0.6) is 17.5 Å². The Bertz CT molecular complexity index is 1150. The molecule has 34 heavy (non-hydrogen) atoms. The van der Waals surface area contributed by atoms with Gasteiger partial charge in [-0.05, 0) is 63.2 Å². The quantitative estimate of drug-likeness (QED) is 0.337. The Hall–Kier alpha value is -3.30. The van der Waals surface area contributed by atoms with Crippen LogP contribution >= 0.6 is 11.6 Å². The predicted molar refractivity (Wildman–Crippen MR) is 128 cm³/mol. The zero-order valence-corrected chi connectivity index (χ0v) is 20.1. The molecule has 2 aromatic carbocycles. The molecule has 10 heteroatoms. The summed E-state index contributed by atoms with van der Waals surface area (Å²) >= 11 is 5.91. The molecule has 0 aliphatic carbocycles. The molecule has 2 heterocycles. The van der Waals surface area contributed by atoms with Crippen molar-refractivity contribution >= 4 is 23.2 Å². The lowest BCUT2D eigenvalue weighted by molar-refractivity contribution is -0.122. The number of nitrogens with zero attached hydrogens (tertiary/aromatic N) is 3. The van der Waals surface area contributed by atoms with Crippen LogP contribution in [0.3, 0.4) is 0 Å². The highest BCUT2D eigenvalue weighted by atomic mass is 35.5. The average molecular weight is 487 g/mol. The summed E-state index contributed by atoms with van der Waals surface area (Å²) in [5.74, 6) is 1.97. The van der Waals surface area contributed by atoms with Gasteiger partial charge in [0.15, 0.2) is 17.3 Å². The molecule has 0 atom stereocenters. The van der Waals surface area contributed by atoms with E-state index in [0.29, 0.717) is 42.8 Å². The molecule has 0 spiro atoms. The van der Waals surface area contributed by atoms with Crippen molar-refractivity contribution in [2.45, 2.75) is 20.8 Å². The molecule has 1 aromatic heterocycles. The summed E-state index contributed by atoms with van der Waals surface area (Å²) in [5, 5.41) is 7.44. The smallest absolute Gasteiger partial charge is 0.336 e. The Labute approximate surface area is 202 Å². The molecule has 9 nitrogen and oxygen atoms in total. The van der Waals surface area contributed by atoms with Gasteiger partial charge >= 0.3 is 6.01 Å². The monoisotopic (exact) mass is 486 g/mol. The topological polar surface area (TPSA) is 96.7 Å². The molecule has 3 aromatic rings. The number of rotatable bonds is 10. The van der Waals surface area contributed by atoms with Gasteiger partial charge in [-0.2, -0.15) is 4.98 Å². The summed E-state index contributed by atoms with van der Waals surface area (Å²) in [7, 11) is 0. The molecule has 0 unspecified atom stereocenters. The third kappa shape index (κ3) is 5.26. The predicted octanol–water partition coefficient (Wildman–Crippen LogP) is 4.28. The molecule has 4 rings (SSSR count). The van der Waals surface area contributed by atoms with Crippen LogP contribution in [0.4, 0.5) is 5.69 Å². The summed E-state index contributed by atoms with van der Waals surface area (Å²) in [6.07, 6.45) is 0. The van der Waals surface area contributed by atoms with E-state index in [4.69, 9.17) is 30.5 Å². The van der Waals surface area contributed by atoms with Crippen LogP contribution in [0, 0.1) is 5.41 Å². The van der Waals surface area contributed by atoms with Crippen LogP contribution in [0.1, 0.15) is 20.8 Å². The minimum absolute atomic E-state index is 0.151. The zero-order valence-electron chi connectivity index (χ0n) is 19.3. The van der Waals surface area contributed by atoms with Crippen LogP contribution in [-0.2, 0) is 9.53 Å². The van der Waals surface area contributed by atoms with E-state index < -0.39 is 5.41 Å². The molecule has 0 bridgehead atoms. The number of alkyl halides is 1. The number of ether oxygens (including phenoxy) is 4. The number of hydrogen-bond acceptors (Lipinski definition) is 7. The van der Waals surface area contributed by atoms with Crippen LogP contribution in [-0.4, -0.2) is 53.2 Å². The maximum absolute atomic E-state index is 12.4. The Morgan fingerprint density at radius 1 is 1.15 bits per heavy atom. The first-order valence-electron chi connectivity index (χ1n) is 11.0. The average Bonchev–Trinajstić information content (AvgIpc) is 3.49. The van der Waals surface area contributed by atoms with E-state index >= 15 is 0 Å². The highest BCUT2D eigenvalue weighted by molar-refractivity contribution is 6.20. The molecule has 0 saturated heterocycles. The summed E-state index contributed by atoms with van der Waals surface area (Å²) < 4.78 is 23.6. The second kappa shape index (κ2) is 10.3. The van der Waals surface area contributed by atoms with Crippen molar-refractivity contribution in [3.05, 3.63) is 42.5 Å². The van der Waals surface area contributed by atoms with Crippen molar-refractivity contribution in [1.82, 2.24) is 14.8 Å². The van der Waals surface area contributed by atoms with Gasteiger partial charge in [0.05, 0.1) is 17.7 Å². The van der Waals surface area contributed by atoms with Gasteiger partial charge in [-0.1, -0.05) is 0 Å². The van der Waals surface area contributed by atoms with Crippen molar-refractivity contribution in [1.29, 1.82) is 0 Å². The number of aromatic nitrogens is 3. The van der Waals surface area contributed by atoms with E-state index in [9.17, 15) is 4.79 Å². The Kier molecular flexibility index (Phi) is 7.23. The molecular formula is C24H27ClN4O5. The Balaban J connectivity index is 1.62. The molecule has 1 aliphatic rings. The largest absolute Gasteiger partial charge is 0.460 e. The SMILES string of the molecule is CCOCCOc1nc(-c2ccc3c(c2)OCO3)n(-c2ccc(NC(=O)C(C)(C)CCl)cc2)n1. The van der Waals surface area contributed by atoms with E-state index in [2.05, 4.69) is 15.4 Å². The van der Waals surface area contributed by atoms with Gasteiger partial charge < -0.3 is 24.3 Å². The Morgan fingerprint density at radius 3 is 2.65 bits per heavy atom. The number of benzene rings is 2. The normalized spacial score (nSPS) is 12.6. The summed E-state index contributed by atoms with van der Waals surface area (Å²) in [6.45, 7) is 7.09. The fraction of sp³-hybridized carbons (Fsp3) is 0.375. The molecule has 0 fully saturated rings. The van der Waals surface area contributed by atoms with E-state index in [-0.39, 0.29) is 24.6 Å². The van der Waals surface area contributed by atoms with Gasteiger partial charge in [0, 0.05) is 23.7 Å². The fourth-order valence-electron chi connectivity index (χ4n) is 3.14. The third-order valence-corrected chi connectivity index (χ3v) is 5.87. The number of hydrogen-bond donors (Lipinski definition) is 1. The number of anilines is 1. The summed E-state index contributed by atoms with van der Waals surface area (Å²) in [4.78, 5) is 17.0. The standard InChI is InChI=1S/C24H27ClN4O5/c1-4-31-11-12-32-23-27-21(16-5-10-19-20(13-16)34-15-33-19)29(28-23)18-8-6-17(7-9-18)26-22(30)24(2,3)14-25/h5-10,13H,4,11-12,14-15H2,1-3H3,(H,26,30). The van der Waals surface area contributed by atoms with Gasteiger partial charge in [-0.25, -0.2) is 4.68 Å². The number of amides is 1. The van der Waals surface area contributed by atoms with Crippen molar-refractivity contribution in [2.24, 2.45) is 5.41 Å². The number of carbonyl (C=O) groups is 1. The summed E-state index contributed by atoms with van der Waals surface area (Å²) in [6, 6.07) is 13.1. The van der Waals surface area contributed by atoms with Gasteiger partial charge in [0.25, 0.3) is 0 Å². The second-order valence-corrected chi connectivity index (χ2v) is 8.53. The van der Waals surface area contributed by atoms with Crippen molar-refractivity contribution < 1.29 is 23.7 Å². The first kappa shape index (κ1) is 23.8. The molecule has 1 aliphatic heterocycles. The van der Waals surface area contributed by atoms with Crippen LogP contribution < -0.4 is 19.5 Å². The lowest BCUT2D eigenvalue weighted by Crippen LogP contribution is -2.32. The van der Waals surface area contributed by atoms with E-state index in [1.165, 1.54) is 0 Å². The molecule has 180 valence electrons. The number of nitrogens with one attached hydrogen (secondary N) is 1. The van der Waals surface area contributed by atoms with E-state index in [1.54, 1.807) is 30.7 Å². The molecule has 0 saturated carbocycles. The number of fused-ring (bicyclic) bond motifs is 1. The van der Waals surface area contributed by atoms with Crippen LogP contribution in [0.25, 0.3) is 17.1 Å². The highest BCUT2D eigenvalue weighted by Gasteiger charge is 2.26. The van der Waals surface area contributed by atoms with Crippen molar-refractivity contribution in [2.75, 3.05) is 37.8 Å². The second-order valence-electron chi connectivity index (χ2n) is 8.26. The van der Waals surface area contributed by atoms with Gasteiger partial charge in [-0.15, -0.1) is 16.7 Å². The van der Waals surface area contributed by atoms with Crippen LogP contribution in [0.2, 0.25) is 0 Å². The molecular weight excluding hydrogens is 460 g/mol. The molecule has 1 N–H and O–H groups in total. The molecule has 0 radical (unpaired) electrons. The van der Waals surface area contributed by atoms with Gasteiger partial charge in [0.2, 0.25) is 12.7 Å². The first-order valence-corrected chi connectivity index (χ1v) is 11.5. The fourth-order valence-corrected chi connectivity index (χ4v) is 3.26. The van der Waals surface area contributed by atoms with Crippen molar-refractivity contribution in [3.8, 4) is 34.6 Å². The number of carbonyl (C=O) groups excluding carboxylic acids is 1. The third-order valence-electron chi connectivity index (χ3n) is 5.20. The minimum Gasteiger partial charge on any atom is -0.460 e. The number of halogens is 1. The van der Waals surface area contributed by atoms with Gasteiger partial charge in [-0.3, -0.25) is 4.79 Å². The summed E-state index contributed by atoms with van der Waals surface area (Å²) in [5.41, 5.74) is 1.52. The Morgan fingerprint density at radius 2 is 1.91 bits per heavy atom. The van der Waals surface area contributed by atoms with Gasteiger partial charge in [0.1, 0.15) is 6.61 Å². The highest BCUT2D eigenvalue weighted by Crippen LogP contribution is 2.36. The van der Waals surface area contributed by atoms with Crippen molar-refractivity contribution in [3.63, 3.8) is 0 Å². The lowest BCUT2D eigenvalue weighted by Gasteiger charge is -2.20. The zero-order chi connectivity index (χ0) is 24.1. The first-order chi connectivity index (χ1) is 16.4. The maximum atomic E-state index is 12.4. The minimum atomic E-state index is -0.674. The van der Waals surface area contributed by atoms with Crippen LogP contribution in [0.15, 0.2) is 42.5 Å². The lowest BCUT2D eigenvalue weighted by atomic mass is 9.95. The van der Waals surface area contributed by atoms with E-state index in [1.807, 2.05) is 37.3 Å². The van der Waals surface area contributed by atoms with E-state index in [0.717, 1.165) is 11.3 Å².